The van der Waals surface area contributed by atoms with Crippen LogP contribution < -0.4 is 10.5 Å². The monoisotopic (exact) mass is 847 g/mol. The first-order valence-electron chi connectivity index (χ1n) is 23.1. The lowest BCUT2D eigenvalue weighted by Gasteiger charge is -2.51. The summed E-state index contributed by atoms with van der Waals surface area (Å²) >= 11 is 0. The number of hydrogen-bond donors (Lipinski definition) is 1. The van der Waals surface area contributed by atoms with Gasteiger partial charge in [0.15, 0.2) is 5.84 Å². The first-order chi connectivity index (χ1) is 32.6. The molecule has 4 heteroatoms. The molecule has 2 aliphatic heterocycles. The van der Waals surface area contributed by atoms with Crippen molar-refractivity contribution in [2.45, 2.75) is 30.2 Å². The SMILES string of the molecule is CCC1C(c2cccc(-c3cccc(N)c3)c2)=NC(c2ccc3c(c2)C2(c4ccccc4-3)c3ccccc3C3(c4ccccc4Oc4ccccc43)c3ccccc32)=NC1c1ccccc1. The number of nitrogens with two attached hydrogens (primary N) is 1. The molecule has 0 fully saturated rings. The molecule has 4 aliphatic rings. The van der Waals surface area contributed by atoms with E-state index in [-0.39, 0.29) is 12.0 Å². The molecule has 2 spiro atoms. The number of nitrogens with zero attached hydrogens (tertiary/aromatic N) is 2. The van der Waals surface area contributed by atoms with Gasteiger partial charge in [-0.3, -0.25) is 4.99 Å². The van der Waals surface area contributed by atoms with Crippen molar-refractivity contribution >= 4 is 17.2 Å². The summed E-state index contributed by atoms with van der Waals surface area (Å²) in [7, 11) is 0. The summed E-state index contributed by atoms with van der Waals surface area (Å²) in [6.45, 7) is 2.26. The van der Waals surface area contributed by atoms with E-state index in [1.807, 2.05) is 18.2 Å². The second-order valence-corrected chi connectivity index (χ2v) is 18.0. The summed E-state index contributed by atoms with van der Waals surface area (Å²) in [5.41, 5.74) is 24.6. The van der Waals surface area contributed by atoms with E-state index in [1.54, 1.807) is 0 Å². The van der Waals surface area contributed by atoms with Gasteiger partial charge in [0.1, 0.15) is 11.5 Å². The van der Waals surface area contributed by atoms with Crippen LogP contribution in [0.5, 0.6) is 11.5 Å². The molecule has 0 radical (unpaired) electrons. The van der Waals surface area contributed by atoms with Gasteiger partial charge in [-0.2, -0.15) is 0 Å². The highest BCUT2D eigenvalue weighted by Crippen LogP contribution is 2.67. The van der Waals surface area contributed by atoms with E-state index in [2.05, 4.69) is 207 Å². The first-order valence-corrected chi connectivity index (χ1v) is 23.1. The fourth-order valence-corrected chi connectivity index (χ4v) is 12.1. The van der Waals surface area contributed by atoms with Crippen molar-refractivity contribution in [1.82, 2.24) is 0 Å². The van der Waals surface area contributed by atoms with E-state index in [1.165, 1.54) is 50.1 Å². The van der Waals surface area contributed by atoms with E-state index >= 15 is 0 Å². The highest BCUT2D eigenvalue weighted by molar-refractivity contribution is 6.15. The third-order valence-electron chi connectivity index (χ3n) is 14.8. The normalized spacial score (nSPS) is 17.5. The molecule has 314 valence electrons. The molecule has 66 heavy (non-hydrogen) atoms. The minimum Gasteiger partial charge on any atom is -0.457 e. The number of para-hydroxylation sites is 2. The molecule has 0 aromatic heterocycles. The van der Waals surface area contributed by atoms with Crippen LogP contribution in [-0.4, -0.2) is 11.5 Å². The molecule has 2 aliphatic carbocycles. The number of ether oxygens (including phenoxy) is 1. The van der Waals surface area contributed by atoms with Crippen molar-refractivity contribution in [3.8, 4) is 33.8 Å². The van der Waals surface area contributed by atoms with Crippen LogP contribution in [0.3, 0.4) is 0 Å². The molecule has 2 heterocycles. The van der Waals surface area contributed by atoms with Gasteiger partial charge in [0.2, 0.25) is 0 Å². The maximum atomic E-state index is 6.75. The molecule has 2 unspecified atom stereocenters. The number of benzene rings is 9. The fourth-order valence-electron chi connectivity index (χ4n) is 12.1. The summed E-state index contributed by atoms with van der Waals surface area (Å²) in [6.07, 6.45) is 0.882. The molecule has 2 atom stereocenters. The lowest BCUT2D eigenvalue weighted by Crippen LogP contribution is -2.45. The minimum atomic E-state index is -0.652. The molecule has 2 N–H and O–H groups in total. The zero-order valence-electron chi connectivity index (χ0n) is 36.5. The lowest BCUT2D eigenvalue weighted by atomic mass is 9.51. The Kier molecular flexibility index (Phi) is 8.57. The van der Waals surface area contributed by atoms with Gasteiger partial charge in [-0.15, -0.1) is 0 Å². The summed E-state index contributed by atoms with van der Waals surface area (Å²) in [6, 6.07) is 79.2. The Labute approximate surface area is 385 Å². The van der Waals surface area contributed by atoms with Crippen molar-refractivity contribution in [2.75, 3.05) is 5.73 Å². The van der Waals surface area contributed by atoms with Gasteiger partial charge in [0, 0.05) is 28.3 Å². The van der Waals surface area contributed by atoms with Gasteiger partial charge in [-0.25, -0.2) is 4.99 Å². The maximum Gasteiger partial charge on any atom is 0.155 e. The van der Waals surface area contributed by atoms with E-state index in [4.69, 9.17) is 20.5 Å². The predicted molar refractivity (Wildman–Crippen MR) is 268 cm³/mol. The number of fused-ring (bicyclic) bond motifs is 15. The average molecular weight is 848 g/mol. The topological polar surface area (TPSA) is 60.0 Å². The van der Waals surface area contributed by atoms with Gasteiger partial charge in [-0.05, 0) is 110 Å². The molecule has 9 aromatic rings. The number of aliphatic imine (C=N–C) groups is 2. The number of anilines is 1. The third kappa shape index (κ3) is 5.33. The van der Waals surface area contributed by atoms with Crippen LogP contribution in [0.25, 0.3) is 22.3 Å². The molecule has 9 aromatic carbocycles. The van der Waals surface area contributed by atoms with Crippen LogP contribution in [0.2, 0.25) is 0 Å². The average Bonchev–Trinajstić information content (AvgIpc) is 3.67. The molecular weight excluding hydrogens is 803 g/mol. The Balaban J connectivity index is 1.07. The zero-order valence-corrected chi connectivity index (χ0v) is 36.5. The van der Waals surface area contributed by atoms with Crippen LogP contribution >= 0.6 is 0 Å². The molecule has 0 bridgehead atoms. The largest absolute Gasteiger partial charge is 0.457 e. The van der Waals surface area contributed by atoms with E-state index in [0.29, 0.717) is 0 Å². The summed E-state index contributed by atoms with van der Waals surface area (Å²) in [4.78, 5) is 11.3. The molecule has 0 amide bonds. The molecule has 0 saturated heterocycles. The van der Waals surface area contributed by atoms with Gasteiger partial charge in [0.25, 0.3) is 0 Å². The molecular formula is C62H45N3O. The van der Waals surface area contributed by atoms with E-state index in [0.717, 1.165) is 68.5 Å². The summed E-state index contributed by atoms with van der Waals surface area (Å²) in [5.74, 6) is 2.57. The van der Waals surface area contributed by atoms with Gasteiger partial charge >= 0.3 is 0 Å². The Bertz CT molecular complexity index is 3400. The number of hydrogen-bond acceptors (Lipinski definition) is 4. The van der Waals surface area contributed by atoms with Crippen LogP contribution in [0, 0.1) is 5.92 Å². The Morgan fingerprint density at radius 3 is 1.59 bits per heavy atom. The van der Waals surface area contributed by atoms with Gasteiger partial charge in [-0.1, -0.05) is 189 Å². The maximum absolute atomic E-state index is 6.75. The number of amidine groups is 1. The van der Waals surface area contributed by atoms with E-state index < -0.39 is 10.8 Å². The molecule has 0 saturated carbocycles. The van der Waals surface area contributed by atoms with Crippen molar-refractivity contribution < 1.29 is 4.74 Å². The van der Waals surface area contributed by atoms with Crippen molar-refractivity contribution in [2.24, 2.45) is 15.9 Å². The Morgan fingerprint density at radius 2 is 0.955 bits per heavy atom. The van der Waals surface area contributed by atoms with Crippen molar-refractivity contribution in [3.63, 3.8) is 0 Å². The first kappa shape index (κ1) is 38.4. The third-order valence-corrected chi connectivity index (χ3v) is 14.8. The molecule has 4 nitrogen and oxygen atoms in total. The molecule has 13 rings (SSSR count). The highest BCUT2D eigenvalue weighted by atomic mass is 16.5. The summed E-state index contributed by atoms with van der Waals surface area (Å²) < 4.78 is 6.75. The quantitative estimate of drug-likeness (QED) is 0.175. The predicted octanol–water partition coefficient (Wildman–Crippen LogP) is 14.1. The number of rotatable bonds is 5. The van der Waals surface area contributed by atoms with E-state index in [9.17, 15) is 0 Å². The highest BCUT2D eigenvalue weighted by Gasteiger charge is 2.58. The minimum absolute atomic E-state index is 0.0655. The van der Waals surface area contributed by atoms with Crippen LogP contribution in [0.1, 0.15) is 80.6 Å². The van der Waals surface area contributed by atoms with Crippen LogP contribution in [0.15, 0.2) is 228 Å². The zero-order chi connectivity index (χ0) is 44.0. The van der Waals surface area contributed by atoms with Crippen LogP contribution in [-0.2, 0) is 10.8 Å². The van der Waals surface area contributed by atoms with Crippen LogP contribution in [0.4, 0.5) is 5.69 Å². The second-order valence-electron chi connectivity index (χ2n) is 18.0. The Morgan fingerprint density at radius 1 is 0.439 bits per heavy atom. The fraction of sp³-hybridized carbons (Fsp3) is 0.0968. The van der Waals surface area contributed by atoms with Gasteiger partial charge < -0.3 is 10.5 Å². The number of nitrogen functional groups attached to an aromatic ring is 1. The lowest BCUT2D eigenvalue weighted by molar-refractivity contribution is 0.429. The standard InChI is InChI=1S/C62H45N3O/c1-2-45-58(39-18-4-3-5-19-39)64-60(65-59(45)42-22-16-20-40(36-42)41-21-17-23-44(63)37-41)43-34-35-47-46-24-6-7-25-48(46)61(55(47)38-43)49-26-8-10-28-51(49)62(52-29-11-9-27-50(52)61)53-30-12-14-32-56(53)66-57-33-15-13-31-54(57)62/h3-38,45,58H,2,63H2,1H3. The van der Waals surface area contributed by atoms with Crippen molar-refractivity contribution in [1.29, 1.82) is 0 Å². The van der Waals surface area contributed by atoms with Crippen molar-refractivity contribution in [3.05, 3.63) is 280 Å². The van der Waals surface area contributed by atoms with Gasteiger partial charge in [0.05, 0.1) is 22.6 Å². The summed E-state index contributed by atoms with van der Waals surface area (Å²) in [5, 5.41) is 0. The second kappa shape index (κ2) is 14.7. The smallest absolute Gasteiger partial charge is 0.155 e. The Hall–Kier alpha value is -8.08.